The van der Waals surface area contributed by atoms with Crippen LogP contribution in [0.25, 0.3) is 0 Å². The van der Waals surface area contributed by atoms with E-state index in [4.69, 9.17) is 19.3 Å². The Morgan fingerprint density at radius 3 is 2.83 bits per heavy atom. The lowest BCUT2D eigenvalue weighted by molar-refractivity contribution is -0.139. The Kier molecular flexibility index (Phi) is 6.43. The Morgan fingerprint density at radius 2 is 2.12 bits per heavy atom. The number of carboxylic acid groups (broad SMARTS) is 1. The van der Waals surface area contributed by atoms with Crippen LogP contribution < -0.4 is 9.47 Å². The number of carbonyl (C=O) groups is 2. The van der Waals surface area contributed by atoms with E-state index in [2.05, 4.69) is 0 Å². The zero-order valence-electron chi connectivity index (χ0n) is 14.0. The van der Waals surface area contributed by atoms with Gasteiger partial charge in [-0.05, 0) is 38.5 Å². The van der Waals surface area contributed by atoms with Gasteiger partial charge in [-0.1, -0.05) is 0 Å². The summed E-state index contributed by atoms with van der Waals surface area (Å²) >= 11 is 0. The summed E-state index contributed by atoms with van der Waals surface area (Å²) in [6, 6.07) is 4.79. The summed E-state index contributed by atoms with van der Waals surface area (Å²) in [5.41, 5.74) is 0.482. The Labute approximate surface area is 141 Å². The number of carbonyl (C=O) groups excluding carboxylic acids is 1. The summed E-state index contributed by atoms with van der Waals surface area (Å²) in [5, 5.41) is 8.72. The summed E-state index contributed by atoms with van der Waals surface area (Å²) < 4.78 is 16.2. The standard InChI is InChI=1S/C17H23NO6/c1-3-22-15-9-13(5-6-14(15)24-11-16(19)20)17(21)18-7-4-8-23-12(2)10-18/h5-6,9,12H,3-4,7-8,10-11H2,1-2H3,(H,19,20). The minimum Gasteiger partial charge on any atom is -0.490 e. The fourth-order valence-corrected chi connectivity index (χ4v) is 2.53. The van der Waals surface area contributed by atoms with Gasteiger partial charge >= 0.3 is 5.97 Å². The average Bonchev–Trinajstić information content (AvgIpc) is 2.77. The fraction of sp³-hybridized carbons (Fsp3) is 0.529. The summed E-state index contributed by atoms with van der Waals surface area (Å²) in [5.74, 6) is -0.499. The zero-order chi connectivity index (χ0) is 17.5. The van der Waals surface area contributed by atoms with Crippen LogP contribution in [0.4, 0.5) is 0 Å². The van der Waals surface area contributed by atoms with Gasteiger partial charge in [0.25, 0.3) is 5.91 Å². The van der Waals surface area contributed by atoms with Gasteiger partial charge in [0.1, 0.15) is 0 Å². The molecule has 24 heavy (non-hydrogen) atoms. The first-order chi connectivity index (χ1) is 11.5. The minimum atomic E-state index is -1.07. The van der Waals surface area contributed by atoms with Crippen molar-refractivity contribution in [2.45, 2.75) is 26.4 Å². The molecule has 7 nitrogen and oxygen atoms in total. The maximum Gasteiger partial charge on any atom is 0.341 e. The first-order valence-electron chi connectivity index (χ1n) is 8.03. The van der Waals surface area contributed by atoms with E-state index in [1.54, 1.807) is 23.1 Å². The summed E-state index contributed by atoms with van der Waals surface area (Å²) in [6.45, 7) is 5.51. The number of benzene rings is 1. The van der Waals surface area contributed by atoms with E-state index in [1.165, 1.54) is 0 Å². The van der Waals surface area contributed by atoms with Crippen molar-refractivity contribution in [3.05, 3.63) is 23.8 Å². The average molecular weight is 337 g/mol. The lowest BCUT2D eigenvalue weighted by atomic mass is 10.1. The van der Waals surface area contributed by atoms with E-state index in [-0.39, 0.29) is 12.0 Å². The summed E-state index contributed by atoms with van der Waals surface area (Å²) in [4.78, 5) is 25.1. The zero-order valence-corrected chi connectivity index (χ0v) is 14.0. The largest absolute Gasteiger partial charge is 0.490 e. The fourth-order valence-electron chi connectivity index (χ4n) is 2.53. The van der Waals surface area contributed by atoms with Gasteiger partial charge in [0, 0.05) is 25.3 Å². The molecule has 1 saturated heterocycles. The number of nitrogens with zero attached hydrogens (tertiary/aromatic N) is 1. The van der Waals surface area contributed by atoms with Crippen molar-refractivity contribution < 1.29 is 28.9 Å². The molecule has 0 saturated carbocycles. The highest BCUT2D eigenvalue weighted by Gasteiger charge is 2.22. The van der Waals surface area contributed by atoms with Crippen LogP contribution in [0.5, 0.6) is 11.5 Å². The molecular weight excluding hydrogens is 314 g/mol. The lowest BCUT2D eigenvalue weighted by Crippen LogP contribution is -2.35. The van der Waals surface area contributed by atoms with E-state index in [0.29, 0.717) is 43.4 Å². The molecule has 2 rings (SSSR count). The highest BCUT2D eigenvalue weighted by atomic mass is 16.5. The second-order valence-electron chi connectivity index (χ2n) is 5.56. The second-order valence-corrected chi connectivity index (χ2v) is 5.56. The Balaban J connectivity index is 2.18. The van der Waals surface area contributed by atoms with Gasteiger partial charge in [0.15, 0.2) is 18.1 Å². The summed E-state index contributed by atoms with van der Waals surface area (Å²) in [6.07, 6.45) is 0.801. The first kappa shape index (κ1) is 18.1. The molecule has 1 fully saturated rings. The maximum absolute atomic E-state index is 12.7. The van der Waals surface area contributed by atoms with Crippen LogP contribution in [0, 0.1) is 0 Å². The van der Waals surface area contributed by atoms with E-state index in [0.717, 1.165) is 6.42 Å². The molecule has 1 aromatic rings. The number of ether oxygens (including phenoxy) is 3. The Hall–Kier alpha value is -2.28. The van der Waals surface area contributed by atoms with Gasteiger partial charge in [-0.3, -0.25) is 4.79 Å². The molecule has 1 atom stereocenters. The quantitative estimate of drug-likeness (QED) is 0.852. The molecular formula is C17H23NO6. The predicted octanol–water partition coefficient (Wildman–Crippen LogP) is 1.80. The van der Waals surface area contributed by atoms with Crippen molar-refractivity contribution in [2.75, 3.05) is 32.9 Å². The highest BCUT2D eigenvalue weighted by Crippen LogP contribution is 2.29. The number of hydrogen-bond acceptors (Lipinski definition) is 5. The molecule has 1 unspecified atom stereocenters. The number of aliphatic carboxylic acids is 1. The molecule has 0 aromatic heterocycles. The normalized spacial score (nSPS) is 17.9. The van der Waals surface area contributed by atoms with Crippen LogP contribution >= 0.6 is 0 Å². The molecule has 1 aliphatic heterocycles. The minimum absolute atomic E-state index is 0.000912. The van der Waals surface area contributed by atoms with E-state index in [1.807, 2.05) is 13.8 Å². The van der Waals surface area contributed by atoms with Crippen LogP contribution in [0.3, 0.4) is 0 Å². The predicted molar refractivity (Wildman–Crippen MR) is 86.7 cm³/mol. The summed E-state index contributed by atoms with van der Waals surface area (Å²) in [7, 11) is 0. The van der Waals surface area contributed by atoms with Gasteiger partial charge in [0.05, 0.1) is 12.7 Å². The number of hydrogen-bond donors (Lipinski definition) is 1. The number of amides is 1. The van der Waals surface area contributed by atoms with Crippen molar-refractivity contribution in [1.29, 1.82) is 0 Å². The third kappa shape index (κ3) is 4.86. The Bertz CT molecular complexity index is 588. The molecule has 0 aliphatic carbocycles. The molecule has 132 valence electrons. The van der Waals surface area contributed by atoms with Crippen molar-refractivity contribution in [2.24, 2.45) is 0 Å². The smallest absolute Gasteiger partial charge is 0.341 e. The van der Waals surface area contributed by atoms with Crippen LogP contribution in [0.1, 0.15) is 30.6 Å². The van der Waals surface area contributed by atoms with Gasteiger partial charge in [-0.15, -0.1) is 0 Å². The van der Waals surface area contributed by atoms with E-state index in [9.17, 15) is 9.59 Å². The topological polar surface area (TPSA) is 85.3 Å². The molecule has 0 bridgehead atoms. The van der Waals surface area contributed by atoms with Gasteiger partial charge in [-0.25, -0.2) is 4.79 Å². The van der Waals surface area contributed by atoms with Gasteiger partial charge in [0.2, 0.25) is 0 Å². The molecule has 1 amide bonds. The molecule has 0 spiro atoms. The third-order valence-electron chi connectivity index (χ3n) is 3.58. The van der Waals surface area contributed by atoms with Crippen LogP contribution in [0.2, 0.25) is 0 Å². The third-order valence-corrected chi connectivity index (χ3v) is 3.58. The highest BCUT2D eigenvalue weighted by molar-refractivity contribution is 5.95. The van der Waals surface area contributed by atoms with Crippen molar-refractivity contribution >= 4 is 11.9 Å². The van der Waals surface area contributed by atoms with Crippen molar-refractivity contribution in [3.63, 3.8) is 0 Å². The number of rotatable bonds is 6. The SMILES string of the molecule is CCOc1cc(C(=O)N2CCCOC(C)C2)ccc1OCC(=O)O. The Morgan fingerprint density at radius 1 is 1.33 bits per heavy atom. The van der Waals surface area contributed by atoms with Gasteiger partial charge in [-0.2, -0.15) is 0 Å². The van der Waals surface area contributed by atoms with Crippen molar-refractivity contribution in [3.8, 4) is 11.5 Å². The van der Waals surface area contributed by atoms with Gasteiger partial charge < -0.3 is 24.2 Å². The van der Waals surface area contributed by atoms with Crippen LogP contribution in [0.15, 0.2) is 18.2 Å². The van der Waals surface area contributed by atoms with E-state index < -0.39 is 12.6 Å². The van der Waals surface area contributed by atoms with Crippen LogP contribution in [-0.2, 0) is 9.53 Å². The van der Waals surface area contributed by atoms with Crippen molar-refractivity contribution in [1.82, 2.24) is 4.90 Å². The maximum atomic E-state index is 12.7. The number of carboxylic acids is 1. The molecule has 1 aromatic carbocycles. The monoisotopic (exact) mass is 337 g/mol. The molecule has 0 radical (unpaired) electrons. The van der Waals surface area contributed by atoms with Crippen LogP contribution in [-0.4, -0.2) is 60.9 Å². The molecule has 1 heterocycles. The second kappa shape index (κ2) is 8.54. The van der Waals surface area contributed by atoms with E-state index >= 15 is 0 Å². The molecule has 1 aliphatic rings. The first-order valence-corrected chi connectivity index (χ1v) is 8.03. The lowest BCUT2D eigenvalue weighted by Gasteiger charge is -2.22. The molecule has 1 N–H and O–H groups in total. The molecule has 7 heteroatoms.